The van der Waals surface area contributed by atoms with E-state index in [9.17, 15) is 14.7 Å². The first-order valence-electron chi connectivity index (χ1n) is 6.16. The van der Waals surface area contributed by atoms with E-state index in [2.05, 4.69) is 5.32 Å². The summed E-state index contributed by atoms with van der Waals surface area (Å²) in [4.78, 5) is 22.9. The number of aldehydes is 1. The summed E-state index contributed by atoms with van der Waals surface area (Å²) in [6.45, 7) is 5.15. The summed E-state index contributed by atoms with van der Waals surface area (Å²) in [5.41, 5.74) is -0.673. The highest BCUT2D eigenvalue weighted by Crippen LogP contribution is 2.42. The molecule has 0 spiro atoms. The maximum atomic E-state index is 11.9. The van der Waals surface area contributed by atoms with Crippen molar-refractivity contribution in [2.75, 3.05) is 19.5 Å². The van der Waals surface area contributed by atoms with Crippen molar-refractivity contribution >= 4 is 18.1 Å². The Hall–Kier alpha value is -2.44. The van der Waals surface area contributed by atoms with Crippen LogP contribution in [0.5, 0.6) is 17.2 Å². The number of methoxy groups -OCH3 is 2. The van der Waals surface area contributed by atoms with Crippen molar-refractivity contribution in [3.63, 3.8) is 0 Å². The van der Waals surface area contributed by atoms with Crippen molar-refractivity contribution in [2.45, 2.75) is 26.4 Å². The van der Waals surface area contributed by atoms with Gasteiger partial charge in [-0.25, -0.2) is 4.79 Å². The van der Waals surface area contributed by atoms with Crippen molar-refractivity contribution in [3.05, 3.63) is 11.6 Å². The molecule has 0 fully saturated rings. The van der Waals surface area contributed by atoms with Gasteiger partial charge in [-0.1, -0.05) is 0 Å². The summed E-state index contributed by atoms with van der Waals surface area (Å²) in [5.74, 6) is -0.179. The molecule has 21 heavy (non-hydrogen) atoms. The van der Waals surface area contributed by atoms with Crippen molar-refractivity contribution < 1.29 is 28.9 Å². The van der Waals surface area contributed by atoms with Gasteiger partial charge in [0.1, 0.15) is 28.4 Å². The van der Waals surface area contributed by atoms with Crippen LogP contribution in [-0.4, -0.2) is 37.3 Å². The Morgan fingerprint density at radius 2 is 1.90 bits per heavy atom. The molecule has 116 valence electrons. The second-order valence-electron chi connectivity index (χ2n) is 5.16. The molecule has 1 aromatic carbocycles. The summed E-state index contributed by atoms with van der Waals surface area (Å²) in [7, 11) is 2.66. The maximum Gasteiger partial charge on any atom is 0.412 e. The normalized spacial score (nSPS) is 10.7. The molecule has 7 nitrogen and oxygen atoms in total. The molecule has 0 aliphatic rings. The largest absolute Gasteiger partial charge is 0.507 e. The lowest BCUT2D eigenvalue weighted by Crippen LogP contribution is -2.27. The van der Waals surface area contributed by atoms with Gasteiger partial charge in [-0.2, -0.15) is 0 Å². The fourth-order valence-electron chi connectivity index (χ4n) is 1.65. The lowest BCUT2D eigenvalue weighted by atomic mass is 10.1. The Kier molecular flexibility index (Phi) is 5.02. The average Bonchev–Trinajstić information content (AvgIpc) is 2.37. The SMILES string of the molecule is COc1cc(O)c(C=O)c(OC)c1NC(=O)OC(C)(C)C. The summed E-state index contributed by atoms with van der Waals surface area (Å²) >= 11 is 0. The highest BCUT2D eigenvalue weighted by Gasteiger charge is 2.23. The van der Waals surface area contributed by atoms with Crippen LogP contribution >= 0.6 is 0 Å². The van der Waals surface area contributed by atoms with Crippen LogP contribution in [0.3, 0.4) is 0 Å². The molecule has 0 saturated heterocycles. The van der Waals surface area contributed by atoms with Crippen LogP contribution < -0.4 is 14.8 Å². The number of carbonyl (C=O) groups is 2. The van der Waals surface area contributed by atoms with Crippen molar-refractivity contribution in [3.8, 4) is 17.2 Å². The predicted octanol–water partition coefficient (Wildman–Crippen LogP) is 2.57. The molecule has 0 aromatic heterocycles. The third-order valence-corrected chi connectivity index (χ3v) is 2.43. The number of phenolic OH excluding ortho intramolecular Hbond substituents is 1. The van der Waals surface area contributed by atoms with E-state index in [1.165, 1.54) is 20.3 Å². The molecule has 1 aromatic rings. The number of aromatic hydroxyl groups is 1. The van der Waals surface area contributed by atoms with Crippen LogP contribution in [0.25, 0.3) is 0 Å². The van der Waals surface area contributed by atoms with Gasteiger partial charge in [0.2, 0.25) is 0 Å². The Balaban J connectivity index is 3.26. The molecule has 0 atom stereocenters. The topological polar surface area (TPSA) is 94.1 Å². The van der Waals surface area contributed by atoms with Crippen LogP contribution in [0.2, 0.25) is 0 Å². The highest BCUT2D eigenvalue weighted by atomic mass is 16.6. The van der Waals surface area contributed by atoms with E-state index in [4.69, 9.17) is 14.2 Å². The Morgan fingerprint density at radius 1 is 1.29 bits per heavy atom. The van der Waals surface area contributed by atoms with Gasteiger partial charge in [0.15, 0.2) is 12.0 Å². The molecule has 0 radical (unpaired) electrons. The minimum atomic E-state index is -0.735. The van der Waals surface area contributed by atoms with E-state index >= 15 is 0 Å². The van der Waals surface area contributed by atoms with E-state index in [1.807, 2.05) is 0 Å². The molecule has 0 saturated carbocycles. The number of carbonyl (C=O) groups excluding carboxylic acids is 2. The summed E-state index contributed by atoms with van der Waals surface area (Å²) in [6.07, 6.45) is -0.310. The molecule has 1 rings (SSSR count). The fraction of sp³-hybridized carbons (Fsp3) is 0.429. The number of hydrogen-bond donors (Lipinski definition) is 2. The minimum absolute atomic E-state index is 0.00675. The number of phenols is 1. The molecule has 0 aliphatic carbocycles. The van der Waals surface area contributed by atoms with Crippen LogP contribution in [0.4, 0.5) is 10.5 Å². The second-order valence-corrected chi connectivity index (χ2v) is 5.16. The van der Waals surface area contributed by atoms with Crippen molar-refractivity contribution in [1.82, 2.24) is 0 Å². The number of nitrogens with one attached hydrogen (secondary N) is 1. The van der Waals surface area contributed by atoms with Crippen molar-refractivity contribution in [2.24, 2.45) is 0 Å². The van der Waals surface area contributed by atoms with Gasteiger partial charge in [0.05, 0.1) is 14.2 Å². The number of amides is 1. The third-order valence-electron chi connectivity index (χ3n) is 2.43. The molecular formula is C14H19NO6. The first-order chi connectivity index (χ1) is 9.73. The molecule has 0 bridgehead atoms. The Bertz CT molecular complexity index is 547. The van der Waals surface area contributed by atoms with E-state index in [-0.39, 0.29) is 28.5 Å². The summed E-state index contributed by atoms with van der Waals surface area (Å²) < 4.78 is 15.3. The zero-order chi connectivity index (χ0) is 16.2. The average molecular weight is 297 g/mol. The van der Waals surface area contributed by atoms with Gasteiger partial charge in [0.25, 0.3) is 0 Å². The lowest BCUT2D eigenvalue weighted by Gasteiger charge is -2.21. The fourth-order valence-corrected chi connectivity index (χ4v) is 1.65. The number of hydrogen-bond acceptors (Lipinski definition) is 6. The summed E-state index contributed by atoms with van der Waals surface area (Å²) in [6, 6.07) is 1.21. The van der Waals surface area contributed by atoms with Crippen molar-refractivity contribution in [1.29, 1.82) is 0 Å². The smallest absolute Gasteiger partial charge is 0.412 e. The number of ether oxygens (including phenoxy) is 3. The van der Waals surface area contributed by atoms with Crippen LogP contribution in [0.15, 0.2) is 6.07 Å². The molecule has 0 unspecified atom stereocenters. The number of benzene rings is 1. The monoisotopic (exact) mass is 297 g/mol. The van der Waals surface area contributed by atoms with E-state index in [0.717, 1.165) is 0 Å². The zero-order valence-electron chi connectivity index (χ0n) is 12.6. The first-order valence-corrected chi connectivity index (χ1v) is 6.16. The van der Waals surface area contributed by atoms with E-state index < -0.39 is 11.7 Å². The molecule has 7 heteroatoms. The summed E-state index contributed by atoms with van der Waals surface area (Å²) in [5, 5.41) is 12.2. The van der Waals surface area contributed by atoms with Gasteiger partial charge in [0, 0.05) is 6.07 Å². The molecule has 0 heterocycles. The minimum Gasteiger partial charge on any atom is -0.507 e. The Morgan fingerprint density at radius 3 is 2.33 bits per heavy atom. The van der Waals surface area contributed by atoms with Gasteiger partial charge in [-0.15, -0.1) is 0 Å². The lowest BCUT2D eigenvalue weighted by molar-refractivity contribution is 0.0634. The zero-order valence-corrected chi connectivity index (χ0v) is 12.6. The number of anilines is 1. The van der Waals surface area contributed by atoms with Gasteiger partial charge >= 0.3 is 6.09 Å². The third kappa shape index (κ3) is 4.01. The van der Waals surface area contributed by atoms with E-state index in [0.29, 0.717) is 6.29 Å². The van der Waals surface area contributed by atoms with Gasteiger partial charge < -0.3 is 19.3 Å². The highest BCUT2D eigenvalue weighted by molar-refractivity contribution is 5.96. The Labute approximate surface area is 122 Å². The molecular weight excluding hydrogens is 278 g/mol. The first kappa shape index (κ1) is 16.6. The van der Waals surface area contributed by atoms with Gasteiger partial charge in [-0.05, 0) is 20.8 Å². The quantitative estimate of drug-likeness (QED) is 0.655. The maximum absolute atomic E-state index is 11.9. The van der Waals surface area contributed by atoms with Crippen LogP contribution in [0.1, 0.15) is 31.1 Å². The number of rotatable bonds is 4. The molecule has 1 amide bonds. The van der Waals surface area contributed by atoms with Gasteiger partial charge in [-0.3, -0.25) is 10.1 Å². The molecule has 2 N–H and O–H groups in total. The van der Waals surface area contributed by atoms with Crippen LogP contribution in [-0.2, 0) is 4.74 Å². The van der Waals surface area contributed by atoms with E-state index in [1.54, 1.807) is 20.8 Å². The predicted molar refractivity (Wildman–Crippen MR) is 76.5 cm³/mol. The molecule has 0 aliphatic heterocycles. The van der Waals surface area contributed by atoms with Crippen LogP contribution in [0, 0.1) is 0 Å². The standard InChI is InChI=1S/C14H19NO6/c1-14(2,3)21-13(18)15-11-10(19-4)6-9(17)8(7-16)12(11)20-5/h6-7,17H,1-5H3,(H,15,18). The second kappa shape index (κ2) is 6.34.